The molecule has 0 aromatic heterocycles. The maximum atomic E-state index is 2.47. The van der Waals surface area contributed by atoms with E-state index in [0.29, 0.717) is 0 Å². The molecule has 2 aliphatic carbocycles. The van der Waals surface area contributed by atoms with E-state index < -0.39 is 0 Å². The monoisotopic (exact) mass is 703 g/mol. The molecule has 0 radical (unpaired) electrons. The van der Waals surface area contributed by atoms with Crippen LogP contribution in [-0.2, 0) is 10.8 Å². The zero-order valence-electron chi connectivity index (χ0n) is 31.7. The molecule has 262 valence electrons. The van der Waals surface area contributed by atoms with Crippen LogP contribution in [-0.4, -0.2) is 0 Å². The van der Waals surface area contributed by atoms with Gasteiger partial charge in [0, 0.05) is 27.9 Å². The highest BCUT2D eigenvalue weighted by molar-refractivity contribution is 6.23. The summed E-state index contributed by atoms with van der Waals surface area (Å²) in [5.74, 6) is 0. The van der Waals surface area contributed by atoms with Crippen molar-refractivity contribution in [3.63, 3.8) is 0 Å². The molecule has 1 heteroatoms. The maximum absolute atomic E-state index is 2.47. The molecule has 0 amide bonds. The van der Waals surface area contributed by atoms with Crippen molar-refractivity contribution in [2.75, 3.05) is 4.90 Å². The van der Waals surface area contributed by atoms with E-state index in [2.05, 4.69) is 209 Å². The number of benzene rings is 9. The Morgan fingerprint density at radius 2 is 0.818 bits per heavy atom. The van der Waals surface area contributed by atoms with E-state index in [9.17, 15) is 0 Å². The molecule has 0 saturated carbocycles. The molecular weight excluding hydrogens is 663 g/mol. The zero-order chi connectivity index (χ0) is 37.1. The van der Waals surface area contributed by atoms with E-state index in [-0.39, 0.29) is 10.8 Å². The van der Waals surface area contributed by atoms with Crippen LogP contribution < -0.4 is 4.90 Å². The van der Waals surface area contributed by atoms with Gasteiger partial charge in [0.05, 0.1) is 0 Å². The largest absolute Gasteiger partial charge is 0.310 e. The number of fused-ring (bicyclic) bond motifs is 11. The van der Waals surface area contributed by atoms with Crippen LogP contribution >= 0.6 is 0 Å². The van der Waals surface area contributed by atoms with Gasteiger partial charge in [-0.15, -0.1) is 0 Å². The molecule has 1 nitrogen and oxygen atoms in total. The second kappa shape index (κ2) is 11.5. The van der Waals surface area contributed by atoms with Crippen molar-refractivity contribution in [3.8, 4) is 33.4 Å². The molecule has 55 heavy (non-hydrogen) atoms. The standard InChI is InChI=1S/C54H41N/c1-53(2)48-19-11-9-17-42(48)44-29-26-38(32-50(44)53)55(39-27-30-45-43-18-10-12-20-49(43)54(3,4)51(45)33-39)37-24-21-35(22-25-37)47-31-36-14-6-7-15-40(36)46-28-23-34-13-5-8-16-41(34)52(46)47/h5-33H,1-4H3. The molecule has 11 rings (SSSR count). The summed E-state index contributed by atoms with van der Waals surface area (Å²) in [6.07, 6.45) is 0. The van der Waals surface area contributed by atoms with Gasteiger partial charge in [0.25, 0.3) is 0 Å². The predicted octanol–water partition coefficient (Wildman–Crippen LogP) is 14.9. The minimum Gasteiger partial charge on any atom is -0.310 e. The Kier molecular flexibility index (Phi) is 6.72. The Morgan fingerprint density at radius 3 is 1.44 bits per heavy atom. The van der Waals surface area contributed by atoms with Crippen molar-refractivity contribution in [3.05, 3.63) is 198 Å². The fraction of sp³-hybridized carbons (Fsp3) is 0.111. The second-order valence-electron chi connectivity index (χ2n) is 16.5. The van der Waals surface area contributed by atoms with E-state index in [4.69, 9.17) is 0 Å². The Morgan fingerprint density at radius 1 is 0.327 bits per heavy atom. The highest BCUT2D eigenvalue weighted by Crippen LogP contribution is 2.53. The topological polar surface area (TPSA) is 3.24 Å². The minimum atomic E-state index is -0.0983. The van der Waals surface area contributed by atoms with E-state index >= 15 is 0 Å². The maximum Gasteiger partial charge on any atom is 0.0465 e. The first kappa shape index (κ1) is 32.0. The van der Waals surface area contributed by atoms with Gasteiger partial charge in [-0.3, -0.25) is 0 Å². The summed E-state index contributed by atoms with van der Waals surface area (Å²) in [7, 11) is 0. The van der Waals surface area contributed by atoms with Crippen LogP contribution in [0.1, 0.15) is 49.9 Å². The van der Waals surface area contributed by atoms with Gasteiger partial charge in [-0.1, -0.05) is 161 Å². The molecule has 0 N–H and O–H groups in total. The lowest BCUT2D eigenvalue weighted by atomic mass is 9.82. The summed E-state index contributed by atoms with van der Waals surface area (Å²) in [5.41, 5.74) is 16.6. The lowest BCUT2D eigenvalue weighted by molar-refractivity contribution is 0.660. The molecule has 9 aromatic carbocycles. The Labute approximate surface area is 323 Å². The summed E-state index contributed by atoms with van der Waals surface area (Å²) in [4.78, 5) is 2.47. The predicted molar refractivity (Wildman–Crippen MR) is 234 cm³/mol. The fourth-order valence-electron chi connectivity index (χ4n) is 10.0. The molecular formula is C54H41N. The molecule has 0 saturated heterocycles. The van der Waals surface area contributed by atoms with Crippen molar-refractivity contribution in [2.45, 2.75) is 38.5 Å². The van der Waals surface area contributed by atoms with Crippen LogP contribution in [0.4, 0.5) is 17.1 Å². The average Bonchev–Trinajstić information content (AvgIpc) is 3.60. The first-order valence-electron chi connectivity index (χ1n) is 19.5. The van der Waals surface area contributed by atoms with Gasteiger partial charge < -0.3 is 4.90 Å². The van der Waals surface area contributed by atoms with Gasteiger partial charge in [-0.2, -0.15) is 0 Å². The summed E-state index contributed by atoms with van der Waals surface area (Å²) >= 11 is 0. The summed E-state index contributed by atoms with van der Waals surface area (Å²) < 4.78 is 0. The summed E-state index contributed by atoms with van der Waals surface area (Å²) in [6.45, 7) is 9.47. The smallest absolute Gasteiger partial charge is 0.0465 e. The third-order valence-electron chi connectivity index (χ3n) is 12.8. The Balaban J connectivity index is 1.10. The van der Waals surface area contributed by atoms with Gasteiger partial charge in [-0.05, 0) is 130 Å². The normalized spacial score (nSPS) is 14.5. The third kappa shape index (κ3) is 4.60. The van der Waals surface area contributed by atoms with E-state index in [1.807, 2.05) is 0 Å². The van der Waals surface area contributed by atoms with Crippen molar-refractivity contribution < 1.29 is 0 Å². The van der Waals surface area contributed by atoms with Gasteiger partial charge in [0.1, 0.15) is 0 Å². The number of hydrogen-bond acceptors (Lipinski definition) is 1. The van der Waals surface area contributed by atoms with E-state index in [1.165, 1.54) is 99.3 Å². The Hall–Kier alpha value is -6.44. The molecule has 0 bridgehead atoms. The number of nitrogens with zero attached hydrogens (tertiary/aromatic N) is 1. The van der Waals surface area contributed by atoms with E-state index in [1.54, 1.807) is 0 Å². The highest BCUT2D eigenvalue weighted by atomic mass is 15.1. The number of anilines is 3. The zero-order valence-corrected chi connectivity index (χ0v) is 31.7. The fourth-order valence-corrected chi connectivity index (χ4v) is 10.0. The molecule has 0 atom stereocenters. The van der Waals surface area contributed by atoms with Crippen LogP contribution in [0.25, 0.3) is 65.7 Å². The Bertz CT molecular complexity index is 2930. The molecule has 0 spiro atoms. The van der Waals surface area contributed by atoms with Gasteiger partial charge >= 0.3 is 0 Å². The van der Waals surface area contributed by atoms with Gasteiger partial charge in [0.2, 0.25) is 0 Å². The van der Waals surface area contributed by atoms with Crippen LogP contribution in [0.3, 0.4) is 0 Å². The lowest BCUT2D eigenvalue weighted by Crippen LogP contribution is -2.18. The number of rotatable bonds is 4. The van der Waals surface area contributed by atoms with Crippen LogP contribution in [0.5, 0.6) is 0 Å². The third-order valence-corrected chi connectivity index (χ3v) is 12.8. The first-order valence-corrected chi connectivity index (χ1v) is 19.5. The lowest BCUT2D eigenvalue weighted by Gasteiger charge is -2.30. The van der Waals surface area contributed by atoms with Gasteiger partial charge in [0.15, 0.2) is 0 Å². The first-order chi connectivity index (χ1) is 26.8. The van der Waals surface area contributed by atoms with Crippen LogP contribution in [0.15, 0.2) is 176 Å². The highest BCUT2D eigenvalue weighted by Gasteiger charge is 2.37. The summed E-state index contributed by atoms with van der Waals surface area (Å²) in [5, 5.41) is 7.70. The molecule has 0 unspecified atom stereocenters. The summed E-state index contributed by atoms with van der Waals surface area (Å²) in [6, 6.07) is 65.9. The van der Waals surface area contributed by atoms with E-state index in [0.717, 1.165) is 5.69 Å². The molecule has 0 fully saturated rings. The molecule has 9 aromatic rings. The number of hydrogen-bond donors (Lipinski definition) is 0. The van der Waals surface area contributed by atoms with Crippen molar-refractivity contribution in [2.24, 2.45) is 0 Å². The SMILES string of the molecule is CC1(C)c2ccccc2-c2ccc(N(c3ccc(-c4cc5ccccc5c5ccc6ccccc6c45)cc3)c3ccc4c(c3)C(C)(C)c3ccccc3-4)cc21. The minimum absolute atomic E-state index is 0.0983. The van der Waals surface area contributed by atoms with Crippen LogP contribution in [0, 0.1) is 0 Å². The van der Waals surface area contributed by atoms with Crippen molar-refractivity contribution in [1.82, 2.24) is 0 Å². The van der Waals surface area contributed by atoms with Crippen LogP contribution in [0.2, 0.25) is 0 Å². The molecule has 2 aliphatic rings. The van der Waals surface area contributed by atoms with Crippen molar-refractivity contribution in [1.29, 1.82) is 0 Å². The molecule has 0 heterocycles. The van der Waals surface area contributed by atoms with Gasteiger partial charge in [-0.25, -0.2) is 0 Å². The quantitative estimate of drug-likeness (QED) is 0.165. The molecule has 0 aliphatic heterocycles. The second-order valence-corrected chi connectivity index (χ2v) is 16.5. The van der Waals surface area contributed by atoms with Crippen molar-refractivity contribution >= 4 is 49.4 Å². The average molecular weight is 704 g/mol.